The van der Waals surface area contributed by atoms with Gasteiger partial charge in [-0.25, -0.2) is 0 Å². The van der Waals surface area contributed by atoms with Crippen LogP contribution in [0.25, 0.3) is 11.0 Å². The predicted octanol–water partition coefficient (Wildman–Crippen LogP) is 3.14. The van der Waals surface area contributed by atoms with E-state index >= 15 is 0 Å². The van der Waals surface area contributed by atoms with Gasteiger partial charge in [0, 0.05) is 36.6 Å². The Morgan fingerprint density at radius 1 is 1.10 bits per heavy atom. The van der Waals surface area contributed by atoms with E-state index in [2.05, 4.69) is 25.6 Å². The fourth-order valence-electron chi connectivity index (χ4n) is 3.63. The molecule has 8 nitrogen and oxygen atoms in total. The van der Waals surface area contributed by atoms with Crippen LogP contribution in [0.1, 0.15) is 29.6 Å². The average Bonchev–Trinajstić information content (AvgIpc) is 3.20. The third-order valence-corrected chi connectivity index (χ3v) is 5.55. The van der Waals surface area contributed by atoms with Gasteiger partial charge in [-0.15, -0.1) is 0 Å². The molecule has 0 spiro atoms. The van der Waals surface area contributed by atoms with Crippen LogP contribution in [-0.2, 0) is 4.74 Å². The Hall–Kier alpha value is -3.13. The van der Waals surface area contributed by atoms with Gasteiger partial charge in [0.15, 0.2) is 0 Å². The number of rotatable bonds is 5. The number of aromatic nitrogens is 3. The highest BCUT2D eigenvalue weighted by molar-refractivity contribution is 5.94. The minimum absolute atomic E-state index is 0.0379. The lowest BCUT2D eigenvalue weighted by atomic mass is 9.93. The van der Waals surface area contributed by atoms with E-state index in [-0.39, 0.29) is 5.91 Å². The molecule has 0 unspecified atom stereocenters. The first-order valence-corrected chi connectivity index (χ1v) is 10.1. The molecule has 1 aromatic carbocycles. The lowest BCUT2D eigenvalue weighted by Crippen LogP contribution is -2.40. The molecule has 2 aromatic heterocycles. The maximum atomic E-state index is 12.6. The summed E-state index contributed by atoms with van der Waals surface area (Å²) in [4.78, 5) is 26.8. The number of carbonyl (C=O) groups excluding carboxylic acids is 1. The minimum atomic E-state index is 0.0379. The van der Waals surface area contributed by atoms with E-state index in [1.165, 1.54) is 19.3 Å². The zero-order chi connectivity index (χ0) is 19.6. The smallest absolute Gasteiger partial charge is 0.254 e. The number of aromatic amines is 1. The number of nitrogens with zero attached hydrogens (tertiary/aromatic N) is 3. The number of amides is 1. The number of morpholine rings is 1. The highest BCUT2D eigenvalue weighted by Crippen LogP contribution is 2.28. The summed E-state index contributed by atoms with van der Waals surface area (Å²) in [5.74, 6) is 1.41. The van der Waals surface area contributed by atoms with Gasteiger partial charge in [-0.3, -0.25) is 4.79 Å². The topological polar surface area (TPSA) is 95.2 Å². The van der Waals surface area contributed by atoms with Crippen molar-refractivity contribution >= 4 is 34.4 Å². The van der Waals surface area contributed by atoms with Gasteiger partial charge in [0.1, 0.15) is 11.5 Å². The van der Waals surface area contributed by atoms with Crippen LogP contribution in [0, 0.1) is 0 Å². The minimum Gasteiger partial charge on any atom is -0.378 e. The second-order valence-corrected chi connectivity index (χ2v) is 7.51. The Balaban J connectivity index is 1.33. The quantitative estimate of drug-likeness (QED) is 0.617. The summed E-state index contributed by atoms with van der Waals surface area (Å²) in [6, 6.07) is 9.92. The Morgan fingerprint density at radius 2 is 1.90 bits per heavy atom. The molecule has 1 aliphatic carbocycles. The third-order valence-electron chi connectivity index (χ3n) is 5.55. The van der Waals surface area contributed by atoms with Crippen molar-refractivity contribution in [2.75, 3.05) is 36.9 Å². The van der Waals surface area contributed by atoms with Crippen molar-refractivity contribution in [2.24, 2.45) is 0 Å². The molecule has 1 saturated carbocycles. The van der Waals surface area contributed by atoms with Crippen LogP contribution in [0.3, 0.4) is 0 Å². The number of nitrogens with one attached hydrogen (secondary N) is 3. The molecule has 0 radical (unpaired) electrons. The predicted molar refractivity (Wildman–Crippen MR) is 112 cm³/mol. The van der Waals surface area contributed by atoms with Crippen LogP contribution in [-0.4, -0.2) is 58.1 Å². The number of hydrogen-bond acceptors (Lipinski definition) is 6. The van der Waals surface area contributed by atoms with Crippen molar-refractivity contribution < 1.29 is 9.53 Å². The molecule has 0 atom stereocenters. The van der Waals surface area contributed by atoms with E-state index in [9.17, 15) is 4.79 Å². The van der Waals surface area contributed by atoms with Gasteiger partial charge in [-0.2, -0.15) is 9.97 Å². The van der Waals surface area contributed by atoms with Crippen molar-refractivity contribution in [3.05, 3.63) is 42.1 Å². The summed E-state index contributed by atoms with van der Waals surface area (Å²) in [6.07, 6.45) is 5.50. The molecule has 29 heavy (non-hydrogen) atoms. The Bertz CT molecular complexity index is 1010. The van der Waals surface area contributed by atoms with E-state index < -0.39 is 0 Å². The first-order valence-electron chi connectivity index (χ1n) is 10.1. The van der Waals surface area contributed by atoms with Crippen LogP contribution in [0.4, 0.5) is 17.5 Å². The SMILES string of the molecule is O=C(c1ccc(Nc2nc(NC3CCC3)c3cc[nH]c3n2)cc1)N1CCOCC1. The first-order chi connectivity index (χ1) is 14.3. The van der Waals surface area contributed by atoms with E-state index in [1.807, 2.05) is 41.4 Å². The largest absolute Gasteiger partial charge is 0.378 e. The van der Waals surface area contributed by atoms with Crippen LogP contribution < -0.4 is 10.6 Å². The lowest BCUT2D eigenvalue weighted by molar-refractivity contribution is 0.0303. The summed E-state index contributed by atoms with van der Waals surface area (Å²) >= 11 is 0. The molecule has 3 aromatic rings. The summed E-state index contributed by atoms with van der Waals surface area (Å²) in [6.45, 7) is 2.47. The summed E-state index contributed by atoms with van der Waals surface area (Å²) < 4.78 is 5.31. The molecule has 1 aliphatic heterocycles. The van der Waals surface area contributed by atoms with Gasteiger partial charge < -0.3 is 25.3 Å². The van der Waals surface area contributed by atoms with Gasteiger partial charge >= 0.3 is 0 Å². The number of carbonyl (C=O) groups is 1. The molecule has 1 amide bonds. The van der Waals surface area contributed by atoms with Crippen molar-refractivity contribution in [3.8, 4) is 0 Å². The monoisotopic (exact) mass is 392 g/mol. The van der Waals surface area contributed by atoms with Crippen molar-refractivity contribution in [1.82, 2.24) is 19.9 Å². The van der Waals surface area contributed by atoms with Gasteiger partial charge in [0.25, 0.3) is 5.91 Å². The molecule has 2 aliphatic rings. The molecule has 3 N–H and O–H groups in total. The molecule has 1 saturated heterocycles. The maximum absolute atomic E-state index is 12.6. The molecule has 0 bridgehead atoms. The highest BCUT2D eigenvalue weighted by Gasteiger charge is 2.20. The maximum Gasteiger partial charge on any atom is 0.254 e. The van der Waals surface area contributed by atoms with Crippen LogP contribution in [0.2, 0.25) is 0 Å². The zero-order valence-corrected chi connectivity index (χ0v) is 16.1. The Kier molecular flexibility index (Phi) is 4.77. The standard InChI is InChI=1S/C21H24N6O2/c28-20(27-10-12-29-13-11-27)14-4-6-16(7-5-14)24-21-25-18-17(8-9-22-18)19(26-21)23-15-2-1-3-15/h4-9,15H,1-3,10-13H2,(H3,22,23,24,25,26). The number of ether oxygens (including phenoxy) is 1. The van der Waals surface area contributed by atoms with Crippen molar-refractivity contribution in [2.45, 2.75) is 25.3 Å². The molecule has 2 fully saturated rings. The number of hydrogen-bond donors (Lipinski definition) is 3. The first kappa shape index (κ1) is 17.9. The summed E-state index contributed by atoms with van der Waals surface area (Å²) in [7, 11) is 0. The second-order valence-electron chi connectivity index (χ2n) is 7.51. The Morgan fingerprint density at radius 3 is 2.62 bits per heavy atom. The third kappa shape index (κ3) is 3.75. The van der Waals surface area contributed by atoms with Crippen LogP contribution in [0.15, 0.2) is 36.5 Å². The fraction of sp³-hybridized carbons (Fsp3) is 0.381. The van der Waals surface area contributed by atoms with Gasteiger partial charge in [-0.05, 0) is 49.6 Å². The molecule has 8 heteroatoms. The van der Waals surface area contributed by atoms with E-state index in [4.69, 9.17) is 4.74 Å². The molecule has 150 valence electrons. The highest BCUT2D eigenvalue weighted by atomic mass is 16.5. The lowest BCUT2D eigenvalue weighted by Gasteiger charge is -2.27. The normalized spacial score (nSPS) is 17.2. The van der Waals surface area contributed by atoms with Crippen LogP contribution >= 0.6 is 0 Å². The average molecular weight is 392 g/mol. The summed E-state index contributed by atoms with van der Waals surface area (Å²) in [5, 5.41) is 7.77. The van der Waals surface area contributed by atoms with Crippen LogP contribution in [0.5, 0.6) is 0 Å². The zero-order valence-electron chi connectivity index (χ0n) is 16.1. The molecular weight excluding hydrogens is 368 g/mol. The molecule has 3 heterocycles. The summed E-state index contributed by atoms with van der Waals surface area (Å²) in [5.41, 5.74) is 2.30. The van der Waals surface area contributed by atoms with Gasteiger partial charge in [0.2, 0.25) is 5.95 Å². The Labute approximate surface area is 168 Å². The second kappa shape index (κ2) is 7.71. The van der Waals surface area contributed by atoms with E-state index in [0.29, 0.717) is 43.9 Å². The molecule has 5 rings (SSSR count). The van der Waals surface area contributed by atoms with Gasteiger partial charge in [-0.1, -0.05) is 0 Å². The van der Waals surface area contributed by atoms with Crippen molar-refractivity contribution in [3.63, 3.8) is 0 Å². The van der Waals surface area contributed by atoms with E-state index in [1.54, 1.807) is 0 Å². The molecular formula is C21H24N6O2. The number of benzene rings is 1. The van der Waals surface area contributed by atoms with Gasteiger partial charge in [0.05, 0.1) is 18.6 Å². The van der Waals surface area contributed by atoms with E-state index in [0.717, 1.165) is 22.5 Å². The number of anilines is 3. The number of H-pyrrole nitrogens is 1. The van der Waals surface area contributed by atoms with Crippen molar-refractivity contribution in [1.29, 1.82) is 0 Å². The number of fused-ring (bicyclic) bond motifs is 1. The fourth-order valence-corrected chi connectivity index (χ4v) is 3.63.